The molecule has 0 aliphatic carbocycles. The number of rotatable bonds is 2. The van der Waals surface area contributed by atoms with Gasteiger partial charge in [0.25, 0.3) is 0 Å². The van der Waals surface area contributed by atoms with E-state index >= 15 is 0 Å². The first kappa shape index (κ1) is 21.3. The van der Waals surface area contributed by atoms with Crippen LogP contribution in [0.1, 0.15) is 0 Å². The highest BCUT2D eigenvalue weighted by Gasteiger charge is 2.06. The van der Waals surface area contributed by atoms with Gasteiger partial charge in [0, 0.05) is 22.5 Å². The number of nitrogen functional groups attached to an aromatic ring is 2. The molecule has 0 saturated carbocycles. The Labute approximate surface area is 200 Å². The lowest BCUT2D eigenvalue weighted by atomic mass is 9.97. The van der Waals surface area contributed by atoms with Gasteiger partial charge in [0.1, 0.15) is 0 Å². The zero-order chi connectivity index (χ0) is 23.3. The highest BCUT2D eigenvalue weighted by Crippen LogP contribution is 2.33. The molecule has 0 heterocycles. The van der Waals surface area contributed by atoms with E-state index in [9.17, 15) is 0 Å². The Morgan fingerprint density at radius 1 is 0.294 bits per heavy atom. The van der Waals surface area contributed by atoms with Crippen molar-refractivity contribution in [1.82, 2.24) is 0 Å². The molecule has 6 aromatic rings. The standard InChI is InChI=1S/2C16H13N/c2*17-16-11-4-3-9-15(16)14-10-5-7-12-6-1-2-8-13(12)14/h2*1-11H,17H2. The minimum absolute atomic E-state index is 0.823. The number of nitrogens with two attached hydrogens (primary N) is 2. The van der Waals surface area contributed by atoms with Gasteiger partial charge in [-0.25, -0.2) is 0 Å². The molecule has 0 aromatic heterocycles. The van der Waals surface area contributed by atoms with Crippen LogP contribution in [0.15, 0.2) is 133 Å². The molecule has 6 aromatic carbocycles. The lowest BCUT2D eigenvalue weighted by Gasteiger charge is -2.09. The fourth-order valence-electron chi connectivity index (χ4n) is 4.41. The van der Waals surface area contributed by atoms with E-state index in [0.717, 1.165) is 22.5 Å². The van der Waals surface area contributed by atoms with Gasteiger partial charge in [-0.3, -0.25) is 0 Å². The molecular weight excluding hydrogens is 412 g/mol. The average Bonchev–Trinajstić information content (AvgIpc) is 2.89. The van der Waals surface area contributed by atoms with Crippen molar-refractivity contribution >= 4 is 32.9 Å². The van der Waals surface area contributed by atoms with Gasteiger partial charge in [0.15, 0.2) is 0 Å². The summed E-state index contributed by atoms with van der Waals surface area (Å²) in [5.41, 5.74) is 18.3. The van der Waals surface area contributed by atoms with Crippen LogP contribution in [-0.2, 0) is 0 Å². The smallest absolute Gasteiger partial charge is 0.0393 e. The first-order valence-electron chi connectivity index (χ1n) is 11.4. The highest BCUT2D eigenvalue weighted by atomic mass is 14.6. The molecule has 164 valence electrons. The molecule has 0 aliphatic heterocycles. The van der Waals surface area contributed by atoms with Crippen LogP contribution in [0.4, 0.5) is 11.4 Å². The van der Waals surface area contributed by atoms with Crippen molar-refractivity contribution in [3.8, 4) is 22.3 Å². The van der Waals surface area contributed by atoms with E-state index in [1.54, 1.807) is 0 Å². The van der Waals surface area contributed by atoms with E-state index in [1.807, 2.05) is 36.4 Å². The molecule has 0 unspecified atom stereocenters. The average molecular weight is 439 g/mol. The van der Waals surface area contributed by atoms with Crippen LogP contribution < -0.4 is 11.5 Å². The fraction of sp³-hybridized carbons (Fsp3) is 0. The van der Waals surface area contributed by atoms with E-state index in [0.29, 0.717) is 0 Å². The van der Waals surface area contributed by atoms with Crippen LogP contribution in [0.2, 0.25) is 0 Å². The number of benzene rings is 6. The van der Waals surface area contributed by atoms with Gasteiger partial charge in [0.2, 0.25) is 0 Å². The molecule has 0 saturated heterocycles. The minimum Gasteiger partial charge on any atom is -0.398 e. The highest BCUT2D eigenvalue weighted by molar-refractivity contribution is 6.00. The Bertz CT molecular complexity index is 1450. The molecule has 0 spiro atoms. The van der Waals surface area contributed by atoms with Crippen molar-refractivity contribution < 1.29 is 0 Å². The first-order chi connectivity index (χ1) is 16.7. The second-order valence-electron chi connectivity index (χ2n) is 8.23. The Morgan fingerprint density at radius 2 is 0.618 bits per heavy atom. The third-order valence-electron chi connectivity index (χ3n) is 6.08. The van der Waals surface area contributed by atoms with Gasteiger partial charge >= 0.3 is 0 Å². The van der Waals surface area contributed by atoms with Crippen LogP contribution in [0.5, 0.6) is 0 Å². The third kappa shape index (κ3) is 4.22. The summed E-state index contributed by atoms with van der Waals surface area (Å²) in [5.74, 6) is 0. The molecule has 0 atom stereocenters. The van der Waals surface area contributed by atoms with Gasteiger partial charge in [-0.1, -0.05) is 121 Å². The molecule has 0 radical (unpaired) electrons. The third-order valence-corrected chi connectivity index (χ3v) is 6.08. The topological polar surface area (TPSA) is 52.0 Å². The SMILES string of the molecule is Nc1ccccc1-c1cccc2ccccc12.Nc1ccccc1-c1cccc2ccccc12. The molecule has 2 nitrogen and oxygen atoms in total. The monoisotopic (exact) mass is 438 g/mol. The summed E-state index contributed by atoms with van der Waals surface area (Å²) in [4.78, 5) is 0. The second-order valence-corrected chi connectivity index (χ2v) is 8.23. The van der Waals surface area contributed by atoms with E-state index in [-0.39, 0.29) is 0 Å². The molecule has 0 bridgehead atoms. The lowest BCUT2D eigenvalue weighted by molar-refractivity contribution is 1.64. The summed E-state index contributed by atoms with van der Waals surface area (Å²) < 4.78 is 0. The molecule has 2 heteroatoms. The Kier molecular flexibility index (Phi) is 5.96. The summed E-state index contributed by atoms with van der Waals surface area (Å²) in [5, 5.41) is 4.97. The zero-order valence-electron chi connectivity index (χ0n) is 18.9. The Morgan fingerprint density at radius 3 is 1.06 bits per heavy atom. The number of anilines is 2. The molecule has 0 aliphatic rings. The van der Waals surface area contributed by atoms with Crippen molar-refractivity contribution in [3.05, 3.63) is 133 Å². The van der Waals surface area contributed by atoms with Gasteiger partial charge < -0.3 is 11.5 Å². The molecule has 6 rings (SSSR count). The van der Waals surface area contributed by atoms with E-state index in [1.165, 1.54) is 32.7 Å². The van der Waals surface area contributed by atoms with Crippen molar-refractivity contribution in [1.29, 1.82) is 0 Å². The predicted molar refractivity (Wildman–Crippen MR) is 148 cm³/mol. The van der Waals surface area contributed by atoms with Crippen molar-refractivity contribution in [2.75, 3.05) is 11.5 Å². The van der Waals surface area contributed by atoms with Crippen molar-refractivity contribution in [2.24, 2.45) is 0 Å². The molecule has 34 heavy (non-hydrogen) atoms. The summed E-state index contributed by atoms with van der Waals surface area (Å²) in [7, 11) is 0. The molecule has 0 amide bonds. The maximum Gasteiger partial charge on any atom is 0.0393 e. The normalized spacial score (nSPS) is 10.6. The van der Waals surface area contributed by atoms with Crippen LogP contribution >= 0.6 is 0 Å². The van der Waals surface area contributed by atoms with E-state index < -0.39 is 0 Å². The van der Waals surface area contributed by atoms with Gasteiger partial charge in [-0.2, -0.15) is 0 Å². The molecule has 4 N–H and O–H groups in total. The summed E-state index contributed by atoms with van der Waals surface area (Å²) in [6.45, 7) is 0. The van der Waals surface area contributed by atoms with Gasteiger partial charge in [0.05, 0.1) is 0 Å². The number of fused-ring (bicyclic) bond motifs is 2. The summed E-state index contributed by atoms with van der Waals surface area (Å²) in [6.07, 6.45) is 0. The summed E-state index contributed by atoms with van der Waals surface area (Å²) >= 11 is 0. The Hall–Kier alpha value is -4.56. The van der Waals surface area contributed by atoms with Crippen LogP contribution in [0.25, 0.3) is 43.8 Å². The number of para-hydroxylation sites is 2. The van der Waals surface area contributed by atoms with Crippen LogP contribution in [0, 0.1) is 0 Å². The van der Waals surface area contributed by atoms with Crippen LogP contribution in [-0.4, -0.2) is 0 Å². The minimum atomic E-state index is 0.823. The number of hydrogen-bond donors (Lipinski definition) is 2. The maximum absolute atomic E-state index is 6.04. The number of hydrogen-bond acceptors (Lipinski definition) is 2. The molecule has 0 fully saturated rings. The zero-order valence-corrected chi connectivity index (χ0v) is 18.9. The predicted octanol–water partition coefficient (Wildman–Crippen LogP) is 8.18. The summed E-state index contributed by atoms with van der Waals surface area (Å²) in [6, 6.07) is 45.4. The lowest BCUT2D eigenvalue weighted by Crippen LogP contribution is -1.89. The fourth-order valence-corrected chi connectivity index (χ4v) is 4.41. The van der Waals surface area contributed by atoms with Crippen molar-refractivity contribution in [3.63, 3.8) is 0 Å². The van der Waals surface area contributed by atoms with Crippen LogP contribution in [0.3, 0.4) is 0 Å². The van der Waals surface area contributed by atoms with Gasteiger partial charge in [-0.05, 0) is 44.8 Å². The van der Waals surface area contributed by atoms with Crippen molar-refractivity contribution in [2.45, 2.75) is 0 Å². The molecular formula is C32H26N2. The quantitative estimate of drug-likeness (QED) is 0.268. The maximum atomic E-state index is 6.04. The second kappa shape index (κ2) is 9.51. The largest absolute Gasteiger partial charge is 0.398 e. The van der Waals surface area contributed by atoms with E-state index in [4.69, 9.17) is 11.5 Å². The first-order valence-corrected chi connectivity index (χ1v) is 11.4. The van der Waals surface area contributed by atoms with E-state index in [2.05, 4.69) is 97.1 Å². The van der Waals surface area contributed by atoms with Gasteiger partial charge in [-0.15, -0.1) is 0 Å². The Balaban J connectivity index is 0.000000142.